The third-order valence-electron chi connectivity index (χ3n) is 2.45. The quantitative estimate of drug-likeness (QED) is 0.806. The molecule has 0 unspecified atom stereocenters. The van der Waals surface area contributed by atoms with Gasteiger partial charge < -0.3 is 10.4 Å². The average Bonchev–Trinajstić information content (AvgIpc) is 2.92. The van der Waals surface area contributed by atoms with Crippen LogP contribution in [0.5, 0.6) is 0 Å². The Hall–Kier alpha value is -2.35. The maximum atomic E-state index is 13.3. The molecule has 0 aliphatic heterocycles. The lowest BCUT2D eigenvalue weighted by Gasteiger charge is -2.13. The Morgan fingerprint density at radius 3 is 3.00 bits per heavy atom. The molecular formula is C11H12FN5O2. The van der Waals surface area contributed by atoms with Crippen LogP contribution < -0.4 is 5.32 Å². The zero-order valence-corrected chi connectivity index (χ0v) is 10.1. The fourth-order valence-corrected chi connectivity index (χ4v) is 1.51. The van der Waals surface area contributed by atoms with Crippen LogP contribution in [0.2, 0.25) is 0 Å². The van der Waals surface area contributed by atoms with Crippen molar-refractivity contribution in [1.82, 2.24) is 25.5 Å². The van der Waals surface area contributed by atoms with Crippen LogP contribution in [0.15, 0.2) is 24.5 Å². The number of hydrogen-bond acceptors (Lipinski definition) is 5. The molecule has 0 bridgehead atoms. The molecule has 0 spiro atoms. The number of nitrogens with zero attached hydrogens (tertiary/aromatic N) is 4. The standard InChI is InChI=1S/C11H12FN5O2/c1-7(5-18)14-11(19)9-4-8(12)2-3-10(9)17-6-13-15-16-17/h2-4,6-7,18H,5H2,1H3,(H,14,19)/t7-/m0/s1. The van der Waals surface area contributed by atoms with Gasteiger partial charge in [0.1, 0.15) is 12.1 Å². The second-order valence-corrected chi connectivity index (χ2v) is 3.97. The van der Waals surface area contributed by atoms with E-state index in [0.717, 1.165) is 6.07 Å². The summed E-state index contributed by atoms with van der Waals surface area (Å²) in [5.74, 6) is -1.05. The average molecular weight is 265 g/mol. The van der Waals surface area contributed by atoms with Crippen molar-refractivity contribution in [2.75, 3.05) is 6.61 Å². The zero-order chi connectivity index (χ0) is 13.8. The lowest BCUT2D eigenvalue weighted by atomic mass is 10.1. The number of tetrazole rings is 1. The van der Waals surface area contributed by atoms with Crippen LogP contribution in [-0.2, 0) is 0 Å². The van der Waals surface area contributed by atoms with E-state index in [1.165, 1.54) is 23.1 Å². The van der Waals surface area contributed by atoms with Crippen LogP contribution in [0.3, 0.4) is 0 Å². The van der Waals surface area contributed by atoms with Gasteiger partial charge in [0.15, 0.2) is 0 Å². The molecule has 8 heteroatoms. The molecule has 2 N–H and O–H groups in total. The molecule has 0 saturated carbocycles. The zero-order valence-electron chi connectivity index (χ0n) is 10.1. The van der Waals surface area contributed by atoms with E-state index < -0.39 is 17.8 Å². The Morgan fingerprint density at radius 2 is 2.37 bits per heavy atom. The number of aliphatic hydroxyl groups excluding tert-OH is 1. The van der Waals surface area contributed by atoms with E-state index in [9.17, 15) is 9.18 Å². The van der Waals surface area contributed by atoms with E-state index in [1.807, 2.05) is 0 Å². The van der Waals surface area contributed by atoms with Crippen molar-refractivity contribution in [2.45, 2.75) is 13.0 Å². The normalized spacial score (nSPS) is 12.2. The maximum Gasteiger partial charge on any atom is 0.253 e. The molecule has 1 atom stereocenters. The van der Waals surface area contributed by atoms with E-state index in [1.54, 1.807) is 6.92 Å². The third-order valence-corrected chi connectivity index (χ3v) is 2.45. The Labute approximate surface area is 108 Å². The summed E-state index contributed by atoms with van der Waals surface area (Å²) in [6.45, 7) is 1.43. The summed E-state index contributed by atoms with van der Waals surface area (Å²) in [6.07, 6.45) is 1.31. The lowest BCUT2D eigenvalue weighted by Crippen LogP contribution is -2.35. The van der Waals surface area contributed by atoms with Gasteiger partial charge in [-0.15, -0.1) is 5.10 Å². The summed E-state index contributed by atoms with van der Waals surface area (Å²) in [5, 5.41) is 22.0. The molecule has 0 fully saturated rings. The minimum absolute atomic E-state index is 0.0904. The SMILES string of the molecule is C[C@@H](CO)NC(=O)c1cc(F)ccc1-n1cnnn1. The van der Waals surface area contributed by atoms with Crippen molar-refractivity contribution in [1.29, 1.82) is 0 Å². The van der Waals surface area contributed by atoms with Gasteiger partial charge in [0, 0.05) is 6.04 Å². The molecule has 0 radical (unpaired) electrons. The first-order valence-electron chi connectivity index (χ1n) is 5.56. The van der Waals surface area contributed by atoms with E-state index in [4.69, 9.17) is 5.11 Å². The van der Waals surface area contributed by atoms with E-state index in [-0.39, 0.29) is 12.2 Å². The van der Waals surface area contributed by atoms with Crippen LogP contribution in [0.1, 0.15) is 17.3 Å². The molecule has 1 aromatic carbocycles. The van der Waals surface area contributed by atoms with Gasteiger partial charge in [0.2, 0.25) is 0 Å². The summed E-state index contributed by atoms with van der Waals surface area (Å²) in [5.41, 5.74) is 0.446. The molecule has 2 aromatic rings. The molecule has 100 valence electrons. The topological polar surface area (TPSA) is 92.9 Å². The van der Waals surface area contributed by atoms with Gasteiger partial charge in [-0.3, -0.25) is 4.79 Å². The highest BCUT2D eigenvalue weighted by molar-refractivity contribution is 5.97. The number of rotatable bonds is 4. The number of nitrogens with one attached hydrogen (secondary N) is 1. The number of halogens is 1. The number of aromatic nitrogens is 4. The second-order valence-electron chi connectivity index (χ2n) is 3.97. The number of carbonyl (C=O) groups is 1. The molecule has 2 rings (SSSR count). The molecule has 0 aliphatic carbocycles. The number of benzene rings is 1. The van der Waals surface area contributed by atoms with E-state index in [0.29, 0.717) is 5.69 Å². The summed E-state index contributed by atoms with van der Waals surface area (Å²) in [6, 6.07) is 3.28. The molecule has 7 nitrogen and oxygen atoms in total. The number of hydrogen-bond donors (Lipinski definition) is 2. The summed E-state index contributed by atoms with van der Waals surface area (Å²) in [7, 11) is 0. The highest BCUT2D eigenvalue weighted by Gasteiger charge is 2.16. The van der Waals surface area contributed by atoms with Crippen molar-refractivity contribution in [3.8, 4) is 5.69 Å². The van der Waals surface area contributed by atoms with Gasteiger partial charge >= 0.3 is 0 Å². The Balaban J connectivity index is 2.38. The van der Waals surface area contributed by atoms with Gasteiger partial charge in [-0.1, -0.05) is 0 Å². The Kier molecular flexibility index (Phi) is 3.81. The first kappa shape index (κ1) is 13.1. The van der Waals surface area contributed by atoms with Crippen LogP contribution >= 0.6 is 0 Å². The predicted molar refractivity (Wildman–Crippen MR) is 63.1 cm³/mol. The number of amides is 1. The molecule has 0 aliphatic rings. The second kappa shape index (κ2) is 5.53. The molecule has 0 saturated heterocycles. The van der Waals surface area contributed by atoms with Crippen molar-refractivity contribution in [3.05, 3.63) is 35.9 Å². The van der Waals surface area contributed by atoms with Crippen LogP contribution in [-0.4, -0.2) is 43.9 Å². The van der Waals surface area contributed by atoms with Crippen LogP contribution in [0, 0.1) is 5.82 Å². The van der Waals surface area contributed by atoms with Crippen LogP contribution in [0.25, 0.3) is 5.69 Å². The van der Waals surface area contributed by atoms with Gasteiger partial charge in [-0.05, 0) is 35.5 Å². The molecule has 19 heavy (non-hydrogen) atoms. The van der Waals surface area contributed by atoms with Crippen molar-refractivity contribution < 1.29 is 14.3 Å². The molecule has 1 aromatic heterocycles. The smallest absolute Gasteiger partial charge is 0.253 e. The van der Waals surface area contributed by atoms with E-state index >= 15 is 0 Å². The molecule has 1 amide bonds. The monoisotopic (exact) mass is 265 g/mol. The van der Waals surface area contributed by atoms with Gasteiger partial charge in [0.05, 0.1) is 17.9 Å². The van der Waals surface area contributed by atoms with E-state index in [2.05, 4.69) is 20.8 Å². The Bertz CT molecular complexity index is 572. The maximum absolute atomic E-state index is 13.3. The lowest BCUT2D eigenvalue weighted by molar-refractivity contribution is 0.0921. The summed E-state index contributed by atoms with van der Waals surface area (Å²) in [4.78, 5) is 12.0. The predicted octanol–water partition coefficient (Wildman–Crippen LogP) is -0.0880. The fourth-order valence-electron chi connectivity index (χ4n) is 1.51. The number of aliphatic hydroxyl groups is 1. The first-order valence-corrected chi connectivity index (χ1v) is 5.56. The third kappa shape index (κ3) is 2.91. The van der Waals surface area contributed by atoms with Gasteiger partial charge in [0.25, 0.3) is 5.91 Å². The molecular weight excluding hydrogens is 253 g/mol. The van der Waals surface area contributed by atoms with Crippen LogP contribution in [0.4, 0.5) is 4.39 Å². The fraction of sp³-hybridized carbons (Fsp3) is 0.273. The van der Waals surface area contributed by atoms with Gasteiger partial charge in [-0.2, -0.15) is 4.68 Å². The molecule has 1 heterocycles. The van der Waals surface area contributed by atoms with Crippen molar-refractivity contribution in [3.63, 3.8) is 0 Å². The minimum Gasteiger partial charge on any atom is -0.394 e. The highest BCUT2D eigenvalue weighted by atomic mass is 19.1. The minimum atomic E-state index is -0.543. The number of carbonyl (C=O) groups excluding carboxylic acids is 1. The van der Waals surface area contributed by atoms with Gasteiger partial charge in [-0.25, -0.2) is 4.39 Å². The highest BCUT2D eigenvalue weighted by Crippen LogP contribution is 2.15. The van der Waals surface area contributed by atoms with Crippen molar-refractivity contribution in [2.24, 2.45) is 0 Å². The first-order chi connectivity index (χ1) is 9.11. The summed E-state index contributed by atoms with van der Waals surface area (Å²) >= 11 is 0. The largest absolute Gasteiger partial charge is 0.394 e. The Morgan fingerprint density at radius 1 is 1.58 bits per heavy atom. The van der Waals surface area contributed by atoms with Crippen molar-refractivity contribution >= 4 is 5.91 Å². The summed E-state index contributed by atoms with van der Waals surface area (Å²) < 4.78 is 14.5.